The monoisotopic (exact) mass is 558 g/mol. The largest absolute Gasteiger partial charge is 0.450 e. The molecule has 9 heteroatoms. The van der Waals surface area contributed by atoms with E-state index in [1.807, 2.05) is 6.92 Å². The summed E-state index contributed by atoms with van der Waals surface area (Å²) in [7, 11) is 3.98. The first-order chi connectivity index (χ1) is 15.1. The smallest absolute Gasteiger partial charge is 0.409 e. The molecular weight excluding hydrogens is 519 g/mol. The Morgan fingerprint density at radius 2 is 1.69 bits per heavy atom. The summed E-state index contributed by atoms with van der Waals surface area (Å²) in [5.74, 6) is 0.802. The molecule has 2 aliphatic rings. The lowest BCUT2D eigenvalue weighted by Gasteiger charge is -2.32. The minimum atomic E-state index is -0.209. The first-order valence-electron chi connectivity index (χ1n) is 11.4. The normalized spacial score (nSPS) is 18.7. The molecule has 2 N–H and O–H groups in total. The molecule has 2 saturated heterocycles. The molecule has 0 saturated carbocycles. The van der Waals surface area contributed by atoms with E-state index < -0.39 is 0 Å². The highest BCUT2D eigenvalue weighted by Crippen LogP contribution is 2.12. The highest BCUT2D eigenvalue weighted by molar-refractivity contribution is 14.0. The highest BCUT2D eigenvalue weighted by Gasteiger charge is 2.24. The third-order valence-electron chi connectivity index (χ3n) is 6.07. The van der Waals surface area contributed by atoms with E-state index in [1.54, 1.807) is 11.9 Å². The highest BCUT2D eigenvalue weighted by atomic mass is 127. The number of nitrogens with zero attached hydrogens (tertiary/aromatic N) is 4. The number of piperidine rings is 1. The van der Waals surface area contributed by atoms with Gasteiger partial charge < -0.3 is 25.2 Å². The standard InChI is InChI=1S/C23H38N6O2.HI/c1-4-31-23(30)29-11-9-21(10-12-29)26-22(24-2)25-17-19-5-7-20(8-6-19)18-28-15-13-27(3)14-16-28;/h5-8,21H,4,9-18H2,1-3H3,(H2,24,25,26);1H. The number of amides is 1. The third kappa shape index (κ3) is 8.40. The van der Waals surface area contributed by atoms with Crippen molar-refractivity contribution in [3.05, 3.63) is 35.4 Å². The number of halogens is 1. The van der Waals surface area contributed by atoms with Crippen LogP contribution in [0.2, 0.25) is 0 Å². The molecule has 1 aromatic carbocycles. The number of hydrogen-bond donors (Lipinski definition) is 2. The van der Waals surface area contributed by atoms with Crippen LogP contribution in [0.5, 0.6) is 0 Å². The van der Waals surface area contributed by atoms with Gasteiger partial charge in [-0.15, -0.1) is 24.0 Å². The Kier molecular flexibility index (Phi) is 11.5. The van der Waals surface area contributed by atoms with E-state index in [9.17, 15) is 4.79 Å². The first kappa shape index (κ1) is 26.7. The van der Waals surface area contributed by atoms with E-state index in [-0.39, 0.29) is 30.1 Å². The number of hydrogen-bond acceptors (Lipinski definition) is 5. The van der Waals surface area contributed by atoms with Crippen LogP contribution >= 0.6 is 24.0 Å². The number of rotatable bonds is 6. The molecule has 32 heavy (non-hydrogen) atoms. The molecular formula is C23H39IN6O2. The van der Waals surface area contributed by atoms with Gasteiger partial charge in [-0.1, -0.05) is 24.3 Å². The van der Waals surface area contributed by atoms with Gasteiger partial charge in [0.25, 0.3) is 0 Å². The van der Waals surface area contributed by atoms with E-state index in [0.29, 0.717) is 25.7 Å². The Bertz CT molecular complexity index is 714. The first-order valence-corrected chi connectivity index (χ1v) is 11.4. The van der Waals surface area contributed by atoms with Crippen molar-refractivity contribution in [1.82, 2.24) is 25.3 Å². The lowest BCUT2D eigenvalue weighted by Crippen LogP contribution is -2.49. The topological polar surface area (TPSA) is 72.4 Å². The van der Waals surface area contributed by atoms with Crippen LogP contribution in [0.1, 0.15) is 30.9 Å². The zero-order valence-corrected chi connectivity index (χ0v) is 22.0. The molecule has 0 radical (unpaired) electrons. The summed E-state index contributed by atoms with van der Waals surface area (Å²) >= 11 is 0. The van der Waals surface area contributed by atoms with Crippen LogP contribution in [0.15, 0.2) is 29.3 Å². The van der Waals surface area contributed by atoms with Crippen molar-refractivity contribution in [1.29, 1.82) is 0 Å². The lowest BCUT2D eigenvalue weighted by atomic mass is 10.1. The quantitative estimate of drug-likeness (QED) is 0.318. The molecule has 0 bridgehead atoms. The van der Waals surface area contributed by atoms with Gasteiger partial charge >= 0.3 is 6.09 Å². The molecule has 2 fully saturated rings. The third-order valence-corrected chi connectivity index (χ3v) is 6.07. The summed E-state index contributed by atoms with van der Waals surface area (Å²) in [6.07, 6.45) is 1.57. The van der Waals surface area contributed by atoms with Gasteiger partial charge in [-0.25, -0.2) is 4.79 Å². The van der Waals surface area contributed by atoms with Crippen LogP contribution in [-0.2, 0) is 17.8 Å². The van der Waals surface area contributed by atoms with Gasteiger partial charge in [0.1, 0.15) is 0 Å². The number of ether oxygens (including phenoxy) is 1. The van der Waals surface area contributed by atoms with Gasteiger partial charge in [0.05, 0.1) is 6.61 Å². The van der Waals surface area contributed by atoms with E-state index in [2.05, 4.69) is 56.7 Å². The molecule has 1 aromatic rings. The molecule has 2 heterocycles. The minimum absolute atomic E-state index is 0. The van der Waals surface area contributed by atoms with Gasteiger partial charge in [0.15, 0.2) is 5.96 Å². The minimum Gasteiger partial charge on any atom is -0.450 e. The summed E-state index contributed by atoms with van der Waals surface area (Å²) < 4.78 is 5.09. The SMILES string of the molecule is CCOC(=O)N1CCC(NC(=NC)NCc2ccc(CN3CCN(C)CC3)cc2)CC1.I. The Morgan fingerprint density at radius 3 is 2.28 bits per heavy atom. The van der Waals surface area contributed by atoms with E-state index >= 15 is 0 Å². The predicted octanol–water partition coefficient (Wildman–Crippen LogP) is 2.34. The fourth-order valence-electron chi connectivity index (χ4n) is 4.02. The number of benzene rings is 1. The molecule has 1 amide bonds. The molecule has 0 spiro atoms. The maximum Gasteiger partial charge on any atom is 0.409 e. The molecule has 3 rings (SSSR count). The summed E-state index contributed by atoms with van der Waals surface area (Å²) in [5, 5.41) is 6.90. The fourth-order valence-corrected chi connectivity index (χ4v) is 4.02. The Morgan fingerprint density at radius 1 is 1.06 bits per heavy atom. The molecule has 2 aliphatic heterocycles. The average Bonchev–Trinajstić information content (AvgIpc) is 2.79. The van der Waals surface area contributed by atoms with Crippen molar-refractivity contribution < 1.29 is 9.53 Å². The van der Waals surface area contributed by atoms with Gasteiger partial charge in [-0.2, -0.15) is 0 Å². The average molecular weight is 559 g/mol. The second-order valence-corrected chi connectivity index (χ2v) is 8.43. The van der Waals surface area contributed by atoms with E-state index in [0.717, 1.165) is 58.1 Å². The zero-order chi connectivity index (χ0) is 22.1. The van der Waals surface area contributed by atoms with E-state index in [1.165, 1.54) is 11.1 Å². The number of likely N-dealkylation sites (tertiary alicyclic amines) is 1. The molecule has 180 valence electrons. The van der Waals surface area contributed by atoms with Crippen molar-refractivity contribution in [3.63, 3.8) is 0 Å². The fraction of sp³-hybridized carbons (Fsp3) is 0.652. The van der Waals surface area contributed by atoms with Crippen molar-refractivity contribution in [2.75, 3.05) is 60.0 Å². The predicted molar refractivity (Wildman–Crippen MR) is 140 cm³/mol. The summed E-state index contributed by atoms with van der Waals surface area (Å²) in [6, 6.07) is 9.17. The number of guanidine groups is 1. The van der Waals surface area contributed by atoms with Gasteiger partial charge in [-0.05, 0) is 37.9 Å². The lowest BCUT2D eigenvalue weighted by molar-refractivity contribution is 0.0963. The van der Waals surface area contributed by atoms with Crippen LogP contribution in [0.25, 0.3) is 0 Å². The summed E-state index contributed by atoms with van der Waals surface area (Å²) in [6.45, 7) is 10.0. The molecule has 0 aromatic heterocycles. The number of nitrogens with one attached hydrogen (secondary N) is 2. The number of carbonyl (C=O) groups is 1. The zero-order valence-electron chi connectivity index (χ0n) is 19.7. The number of aliphatic imine (C=N–C) groups is 1. The number of carbonyl (C=O) groups excluding carboxylic acids is 1. The van der Waals surface area contributed by atoms with Crippen LogP contribution < -0.4 is 10.6 Å². The second-order valence-electron chi connectivity index (χ2n) is 8.43. The van der Waals surface area contributed by atoms with Gasteiger partial charge in [-0.3, -0.25) is 9.89 Å². The summed E-state index contributed by atoms with van der Waals surface area (Å²) in [4.78, 5) is 22.9. The van der Waals surface area contributed by atoms with Crippen molar-refractivity contribution in [2.45, 2.75) is 38.9 Å². The van der Waals surface area contributed by atoms with Gasteiger partial charge in [0.2, 0.25) is 0 Å². The Hall–Kier alpha value is -1.59. The van der Waals surface area contributed by atoms with Crippen LogP contribution in [0.4, 0.5) is 4.79 Å². The molecule has 8 nitrogen and oxygen atoms in total. The van der Waals surface area contributed by atoms with Gasteiger partial charge in [0, 0.05) is 65.4 Å². The molecule has 0 atom stereocenters. The van der Waals surface area contributed by atoms with Crippen molar-refractivity contribution in [3.8, 4) is 0 Å². The van der Waals surface area contributed by atoms with Crippen LogP contribution in [0, 0.1) is 0 Å². The van der Waals surface area contributed by atoms with Crippen LogP contribution in [0.3, 0.4) is 0 Å². The van der Waals surface area contributed by atoms with E-state index in [4.69, 9.17) is 4.74 Å². The van der Waals surface area contributed by atoms with Crippen molar-refractivity contribution >= 4 is 36.0 Å². The Labute approximate surface area is 209 Å². The molecule has 0 aliphatic carbocycles. The maximum absolute atomic E-state index is 11.8. The Balaban J connectivity index is 0.00000363. The number of piperazine rings is 1. The summed E-state index contributed by atoms with van der Waals surface area (Å²) in [5.41, 5.74) is 2.60. The van der Waals surface area contributed by atoms with Crippen LogP contribution in [-0.4, -0.2) is 92.8 Å². The number of likely N-dealkylation sites (N-methyl/N-ethyl adjacent to an activating group) is 1. The second kappa shape index (κ2) is 13.8. The maximum atomic E-state index is 11.8. The molecule has 0 unspecified atom stereocenters. The van der Waals surface area contributed by atoms with Crippen molar-refractivity contribution in [2.24, 2.45) is 4.99 Å².